The van der Waals surface area contributed by atoms with Crippen LogP contribution in [0.1, 0.15) is 34.7 Å². The zero-order valence-corrected chi connectivity index (χ0v) is 22.2. The maximum absolute atomic E-state index is 13.2. The highest BCUT2D eigenvalue weighted by Gasteiger charge is 2.23. The Morgan fingerprint density at radius 2 is 1.75 bits per heavy atom. The zero-order valence-electron chi connectivity index (χ0n) is 22.2. The maximum atomic E-state index is 13.2. The number of amides is 1. The summed E-state index contributed by atoms with van der Waals surface area (Å²) in [5.41, 5.74) is 4.94. The number of benzene rings is 3. The standard InChI is InChI=1S/C32H30N4O4/c1-40-27-15-9-23(10-16-27)21-35-22-30(28-7-2-3-8-31(28)35)29(24-11-13-26(14-12-24)36(38)39)20-32(37)34-19-17-25-6-4-5-18-33-25/h2-16,18,22,29H,17,19-21H2,1H3,(H,34,37). The van der Waals surface area contributed by atoms with Crippen LogP contribution in [0.2, 0.25) is 0 Å². The minimum atomic E-state index is -0.413. The quantitative estimate of drug-likeness (QED) is 0.168. The second-order valence-electron chi connectivity index (χ2n) is 9.60. The van der Waals surface area contributed by atoms with E-state index in [0.29, 0.717) is 19.5 Å². The molecule has 5 rings (SSSR count). The number of nitro groups is 1. The number of fused-ring (bicyclic) bond motifs is 1. The van der Waals surface area contributed by atoms with Crippen LogP contribution in [0.15, 0.2) is 103 Å². The number of nitrogens with one attached hydrogen (secondary N) is 1. The Kier molecular flexibility index (Phi) is 8.15. The smallest absolute Gasteiger partial charge is 0.269 e. The third kappa shape index (κ3) is 6.18. The molecule has 0 bridgehead atoms. The predicted molar refractivity (Wildman–Crippen MR) is 155 cm³/mol. The molecular formula is C32H30N4O4. The number of hydrogen-bond acceptors (Lipinski definition) is 5. The second-order valence-corrected chi connectivity index (χ2v) is 9.60. The van der Waals surface area contributed by atoms with E-state index in [1.165, 1.54) is 12.1 Å². The maximum Gasteiger partial charge on any atom is 0.269 e. The number of hydrogen-bond donors (Lipinski definition) is 1. The van der Waals surface area contributed by atoms with Crippen LogP contribution in [0.25, 0.3) is 10.9 Å². The highest BCUT2D eigenvalue weighted by Crippen LogP contribution is 2.36. The summed E-state index contributed by atoms with van der Waals surface area (Å²) in [6, 6.07) is 28.3. The minimum absolute atomic E-state index is 0.0178. The summed E-state index contributed by atoms with van der Waals surface area (Å²) in [6.45, 7) is 1.12. The lowest BCUT2D eigenvalue weighted by molar-refractivity contribution is -0.384. The van der Waals surface area contributed by atoms with Crippen LogP contribution in [0.5, 0.6) is 5.75 Å². The average Bonchev–Trinajstić information content (AvgIpc) is 3.35. The van der Waals surface area contributed by atoms with Gasteiger partial charge in [0.1, 0.15) is 5.75 Å². The SMILES string of the molecule is COc1ccc(Cn2cc(C(CC(=O)NCCc3ccccn3)c3ccc([N+](=O)[O-])cc3)c3ccccc32)cc1. The highest BCUT2D eigenvalue weighted by molar-refractivity contribution is 5.87. The minimum Gasteiger partial charge on any atom is -0.497 e. The summed E-state index contributed by atoms with van der Waals surface area (Å²) in [7, 11) is 1.65. The molecule has 8 heteroatoms. The van der Waals surface area contributed by atoms with Crippen molar-refractivity contribution < 1.29 is 14.5 Å². The summed E-state index contributed by atoms with van der Waals surface area (Å²) in [6.07, 6.45) is 4.68. The molecule has 202 valence electrons. The summed E-state index contributed by atoms with van der Waals surface area (Å²) < 4.78 is 7.48. The van der Waals surface area contributed by atoms with E-state index in [1.54, 1.807) is 25.4 Å². The number of nitro benzene ring substituents is 1. The van der Waals surface area contributed by atoms with E-state index in [9.17, 15) is 14.9 Å². The normalized spacial score (nSPS) is 11.7. The number of pyridine rings is 1. The molecular weight excluding hydrogens is 504 g/mol. The fourth-order valence-electron chi connectivity index (χ4n) is 4.98. The Hall–Kier alpha value is -4.98. The Bertz CT molecular complexity index is 1600. The van der Waals surface area contributed by atoms with E-state index in [0.717, 1.165) is 39.0 Å². The molecule has 2 heterocycles. The molecule has 1 atom stereocenters. The predicted octanol–water partition coefficient (Wildman–Crippen LogP) is 5.88. The Morgan fingerprint density at radius 3 is 2.45 bits per heavy atom. The molecule has 1 unspecified atom stereocenters. The van der Waals surface area contributed by atoms with Gasteiger partial charge in [-0.05, 0) is 47.0 Å². The van der Waals surface area contributed by atoms with E-state index < -0.39 is 4.92 Å². The molecule has 0 saturated heterocycles. The van der Waals surface area contributed by atoms with Gasteiger partial charge in [0.2, 0.25) is 5.91 Å². The number of carbonyl (C=O) groups excluding carboxylic acids is 1. The Balaban J connectivity index is 1.45. The first-order chi connectivity index (χ1) is 19.5. The zero-order chi connectivity index (χ0) is 27.9. The van der Waals surface area contributed by atoms with Crippen molar-refractivity contribution in [1.82, 2.24) is 14.9 Å². The lowest BCUT2D eigenvalue weighted by Gasteiger charge is -2.17. The number of methoxy groups -OCH3 is 1. The van der Waals surface area contributed by atoms with Gasteiger partial charge in [-0.3, -0.25) is 19.9 Å². The van der Waals surface area contributed by atoms with Crippen LogP contribution in [-0.2, 0) is 17.8 Å². The molecule has 0 aliphatic rings. The molecule has 40 heavy (non-hydrogen) atoms. The number of para-hydroxylation sites is 1. The van der Waals surface area contributed by atoms with Gasteiger partial charge in [-0.1, -0.05) is 48.5 Å². The van der Waals surface area contributed by atoms with Crippen LogP contribution in [0.3, 0.4) is 0 Å². The molecule has 0 aliphatic carbocycles. The summed E-state index contributed by atoms with van der Waals surface area (Å²) in [5.74, 6) is 0.415. The van der Waals surface area contributed by atoms with Crippen molar-refractivity contribution in [3.63, 3.8) is 0 Å². The van der Waals surface area contributed by atoms with Crippen molar-refractivity contribution in [2.45, 2.75) is 25.3 Å². The third-order valence-electron chi connectivity index (χ3n) is 7.03. The molecule has 2 aromatic heterocycles. The van der Waals surface area contributed by atoms with Crippen molar-refractivity contribution in [3.05, 3.63) is 136 Å². The topological polar surface area (TPSA) is 99.3 Å². The first-order valence-electron chi connectivity index (χ1n) is 13.1. The van der Waals surface area contributed by atoms with Gasteiger partial charge in [0.05, 0.1) is 12.0 Å². The van der Waals surface area contributed by atoms with Crippen molar-refractivity contribution >= 4 is 22.5 Å². The van der Waals surface area contributed by atoms with Gasteiger partial charge in [0.25, 0.3) is 5.69 Å². The van der Waals surface area contributed by atoms with Crippen LogP contribution in [0, 0.1) is 10.1 Å². The van der Waals surface area contributed by atoms with Gasteiger partial charge in [-0.25, -0.2) is 0 Å². The van der Waals surface area contributed by atoms with Crippen molar-refractivity contribution in [2.24, 2.45) is 0 Å². The number of non-ortho nitro benzene ring substituents is 1. The fraction of sp³-hybridized carbons (Fsp3) is 0.188. The van der Waals surface area contributed by atoms with Gasteiger partial charge in [0, 0.05) is 73.0 Å². The van der Waals surface area contributed by atoms with Gasteiger partial charge < -0.3 is 14.6 Å². The van der Waals surface area contributed by atoms with Crippen LogP contribution in [-0.4, -0.2) is 34.0 Å². The first-order valence-corrected chi connectivity index (χ1v) is 13.1. The largest absolute Gasteiger partial charge is 0.497 e. The molecule has 0 spiro atoms. The lowest BCUT2D eigenvalue weighted by atomic mass is 9.88. The van der Waals surface area contributed by atoms with E-state index >= 15 is 0 Å². The van der Waals surface area contributed by atoms with Crippen molar-refractivity contribution in [1.29, 1.82) is 0 Å². The number of ether oxygens (including phenoxy) is 1. The number of aromatic nitrogens is 2. The summed E-state index contributed by atoms with van der Waals surface area (Å²) in [5, 5.41) is 15.4. The van der Waals surface area contributed by atoms with E-state index in [1.807, 2.05) is 54.6 Å². The Morgan fingerprint density at radius 1 is 1.00 bits per heavy atom. The van der Waals surface area contributed by atoms with E-state index in [-0.39, 0.29) is 23.9 Å². The second kappa shape index (κ2) is 12.3. The molecule has 0 aliphatic heterocycles. The van der Waals surface area contributed by atoms with Crippen LogP contribution in [0.4, 0.5) is 5.69 Å². The lowest BCUT2D eigenvalue weighted by Crippen LogP contribution is -2.27. The van der Waals surface area contributed by atoms with Gasteiger partial charge in [-0.2, -0.15) is 0 Å². The number of nitrogens with zero attached hydrogens (tertiary/aromatic N) is 3. The molecule has 0 radical (unpaired) electrons. The van der Waals surface area contributed by atoms with Crippen LogP contribution < -0.4 is 10.1 Å². The van der Waals surface area contributed by atoms with Gasteiger partial charge >= 0.3 is 0 Å². The Labute approximate surface area is 232 Å². The van der Waals surface area contributed by atoms with Gasteiger partial charge in [0.15, 0.2) is 0 Å². The molecule has 8 nitrogen and oxygen atoms in total. The van der Waals surface area contributed by atoms with Crippen LogP contribution >= 0.6 is 0 Å². The van der Waals surface area contributed by atoms with E-state index in [2.05, 4.69) is 33.2 Å². The molecule has 1 N–H and O–H groups in total. The average molecular weight is 535 g/mol. The molecule has 3 aromatic carbocycles. The third-order valence-corrected chi connectivity index (χ3v) is 7.03. The van der Waals surface area contributed by atoms with Crippen molar-refractivity contribution in [2.75, 3.05) is 13.7 Å². The fourth-order valence-corrected chi connectivity index (χ4v) is 4.98. The number of rotatable bonds is 11. The summed E-state index contributed by atoms with van der Waals surface area (Å²) in [4.78, 5) is 28.4. The molecule has 0 saturated carbocycles. The van der Waals surface area contributed by atoms with Crippen molar-refractivity contribution in [3.8, 4) is 5.75 Å². The van der Waals surface area contributed by atoms with Gasteiger partial charge in [-0.15, -0.1) is 0 Å². The molecule has 5 aromatic rings. The number of carbonyl (C=O) groups is 1. The highest BCUT2D eigenvalue weighted by atomic mass is 16.6. The first kappa shape index (κ1) is 26.6. The summed E-state index contributed by atoms with van der Waals surface area (Å²) >= 11 is 0. The van der Waals surface area contributed by atoms with E-state index in [4.69, 9.17) is 4.74 Å². The molecule has 0 fully saturated rings. The molecule has 1 amide bonds. The monoisotopic (exact) mass is 534 g/mol.